The summed E-state index contributed by atoms with van der Waals surface area (Å²) in [7, 11) is 2.94. The Hall–Kier alpha value is -2.80. The van der Waals surface area contributed by atoms with E-state index in [1.807, 2.05) is 0 Å². The lowest BCUT2D eigenvalue weighted by atomic mass is 10.2. The van der Waals surface area contributed by atoms with Crippen molar-refractivity contribution >= 4 is 34.9 Å². The molecule has 0 saturated carbocycles. The van der Waals surface area contributed by atoms with Gasteiger partial charge in [0, 0.05) is 30.8 Å². The van der Waals surface area contributed by atoms with Gasteiger partial charge >= 0.3 is 0 Å². The quantitative estimate of drug-likeness (QED) is 0.866. The van der Waals surface area contributed by atoms with Crippen molar-refractivity contribution in [2.75, 3.05) is 24.9 Å². The number of nitrogens with zero attached hydrogens (tertiary/aromatic N) is 1. The Bertz CT molecular complexity index is 780. The van der Waals surface area contributed by atoms with E-state index in [2.05, 4.69) is 15.6 Å². The SMILES string of the molecule is COc1cc(NC(=O)c2ccnc(NC(C)=O)c2)c(OC)cc1Cl. The molecule has 2 rings (SSSR count). The van der Waals surface area contributed by atoms with E-state index in [1.54, 1.807) is 12.1 Å². The number of carbonyl (C=O) groups excluding carboxylic acids is 2. The van der Waals surface area contributed by atoms with Gasteiger partial charge in [-0.1, -0.05) is 11.6 Å². The fraction of sp³-hybridized carbons (Fsp3) is 0.188. The third kappa shape index (κ3) is 4.14. The van der Waals surface area contributed by atoms with E-state index < -0.39 is 5.91 Å². The van der Waals surface area contributed by atoms with Crippen LogP contribution in [-0.4, -0.2) is 31.0 Å². The number of ether oxygens (including phenoxy) is 2. The molecule has 2 N–H and O–H groups in total. The van der Waals surface area contributed by atoms with E-state index in [-0.39, 0.29) is 11.7 Å². The Kier molecular flexibility index (Phi) is 5.59. The molecule has 0 aliphatic rings. The van der Waals surface area contributed by atoms with Crippen molar-refractivity contribution < 1.29 is 19.1 Å². The zero-order valence-electron chi connectivity index (χ0n) is 13.3. The van der Waals surface area contributed by atoms with Crippen LogP contribution in [0.3, 0.4) is 0 Å². The summed E-state index contributed by atoms with van der Waals surface area (Å²) in [6, 6.07) is 6.11. The number of hydrogen-bond donors (Lipinski definition) is 2. The van der Waals surface area contributed by atoms with Gasteiger partial charge in [0.2, 0.25) is 5.91 Å². The minimum Gasteiger partial charge on any atom is -0.495 e. The first kappa shape index (κ1) is 17.6. The summed E-state index contributed by atoms with van der Waals surface area (Å²) >= 11 is 6.04. The number of amides is 2. The van der Waals surface area contributed by atoms with Crippen LogP contribution in [0, 0.1) is 0 Å². The van der Waals surface area contributed by atoms with E-state index in [0.29, 0.717) is 27.8 Å². The number of nitrogens with one attached hydrogen (secondary N) is 2. The largest absolute Gasteiger partial charge is 0.495 e. The first-order chi connectivity index (χ1) is 11.4. The number of aromatic nitrogens is 1. The highest BCUT2D eigenvalue weighted by molar-refractivity contribution is 6.32. The Balaban J connectivity index is 2.28. The van der Waals surface area contributed by atoms with Crippen LogP contribution in [0.4, 0.5) is 11.5 Å². The van der Waals surface area contributed by atoms with Crippen molar-refractivity contribution in [3.8, 4) is 11.5 Å². The molecule has 2 aromatic rings. The average Bonchev–Trinajstić information content (AvgIpc) is 2.55. The first-order valence-electron chi connectivity index (χ1n) is 6.91. The van der Waals surface area contributed by atoms with Crippen LogP contribution in [0.1, 0.15) is 17.3 Å². The Morgan fingerprint density at radius 2 is 1.79 bits per heavy atom. The van der Waals surface area contributed by atoms with E-state index in [9.17, 15) is 9.59 Å². The van der Waals surface area contributed by atoms with Crippen LogP contribution in [0.5, 0.6) is 11.5 Å². The predicted octanol–water partition coefficient (Wildman–Crippen LogP) is 2.96. The lowest BCUT2D eigenvalue weighted by molar-refractivity contribution is -0.114. The normalized spacial score (nSPS) is 10.0. The zero-order valence-corrected chi connectivity index (χ0v) is 14.1. The lowest BCUT2D eigenvalue weighted by Crippen LogP contribution is -2.14. The number of hydrogen-bond acceptors (Lipinski definition) is 5. The van der Waals surface area contributed by atoms with Crippen LogP contribution in [0.15, 0.2) is 30.5 Å². The Morgan fingerprint density at radius 1 is 1.08 bits per heavy atom. The molecule has 0 aliphatic heterocycles. The maximum Gasteiger partial charge on any atom is 0.255 e. The summed E-state index contributed by atoms with van der Waals surface area (Å²) in [5.74, 6) is 0.415. The minimum absolute atomic E-state index is 0.274. The van der Waals surface area contributed by atoms with Gasteiger partial charge < -0.3 is 20.1 Å². The van der Waals surface area contributed by atoms with Gasteiger partial charge in [-0.3, -0.25) is 9.59 Å². The molecule has 0 saturated heterocycles. The molecule has 24 heavy (non-hydrogen) atoms. The van der Waals surface area contributed by atoms with Gasteiger partial charge in [-0.15, -0.1) is 0 Å². The molecule has 2 amide bonds. The summed E-state index contributed by atoms with van der Waals surface area (Å²) in [5.41, 5.74) is 0.728. The van der Waals surface area contributed by atoms with Gasteiger partial charge in [0.05, 0.1) is 24.9 Å². The number of methoxy groups -OCH3 is 2. The third-order valence-electron chi connectivity index (χ3n) is 3.05. The molecular formula is C16H16ClN3O4. The van der Waals surface area contributed by atoms with E-state index in [0.717, 1.165) is 0 Å². The number of carbonyl (C=O) groups is 2. The van der Waals surface area contributed by atoms with Crippen molar-refractivity contribution in [1.29, 1.82) is 0 Å². The van der Waals surface area contributed by atoms with Crippen LogP contribution in [-0.2, 0) is 4.79 Å². The molecular weight excluding hydrogens is 334 g/mol. The molecule has 0 spiro atoms. The maximum absolute atomic E-state index is 12.4. The smallest absolute Gasteiger partial charge is 0.255 e. The first-order valence-corrected chi connectivity index (χ1v) is 7.29. The van der Waals surface area contributed by atoms with Crippen LogP contribution < -0.4 is 20.1 Å². The molecule has 0 bridgehead atoms. The van der Waals surface area contributed by atoms with Crippen LogP contribution in [0.2, 0.25) is 5.02 Å². The molecule has 0 fully saturated rings. The summed E-state index contributed by atoms with van der Waals surface area (Å²) in [4.78, 5) is 27.5. The molecule has 0 aliphatic carbocycles. The average molecular weight is 350 g/mol. The summed E-state index contributed by atoms with van der Waals surface area (Å²) < 4.78 is 10.4. The van der Waals surface area contributed by atoms with Gasteiger partial charge in [0.15, 0.2) is 0 Å². The highest BCUT2D eigenvalue weighted by atomic mass is 35.5. The van der Waals surface area contributed by atoms with Crippen molar-refractivity contribution in [2.45, 2.75) is 6.92 Å². The number of benzene rings is 1. The fourth-order valence-corrected chi connectivity index (χ4v) is 2.20. The Labute approximate surface area is 143 Å². The van der Waals surface area contributed by atoms with Crippen molar-refractivity contribution in [3.05, 3.63) is 41.0 Å². The van der Waals surface area contributed by atoms with Gasteiger partial charge in [0.25, 0.3) is 5.91 Å². The molecule has 8 heteroatoms. The van der Waals surface area contributed by atoms with E-state index in [1.165, 1.54) is 39.5 Å². The second-order valence-corrected chi connectivity index (χ2v) is 5.16. The number of rotatable bonds is 5. The van der Waals surface area contributed by atoms with Gasteiger partial charge in [-0.05, 0) is 12.1 Å². The summed E-state index contributed by atoms with van der Waals surface area (Å²) in [5, 5.41) is 5.60. The topological polar surface area (TPSA) is 89.5 Å². The van der Waals surface area contributed by atoms with E-state index in [4.69, 9.17) is 21.1 Å². The number of halogens is 1. The fourth-order valence-electron chi connectivity index (χ4n) is 1.97. The molecule has 1 heterocycles. The second kappa shape index (κ2) is 7.65. The molecule has 0 radical (unpaired) electrons. The number of pyridine rings is 1. The van der Waals surface area contributed by atoms with Crippen molar-refractivity contribution in [3.63, 3.8) is 0 Å². The summed E-state index contributed by atoms with van der Waals surface area (Å²) in [6.45, 7) is 1.36. The lowest BCUT2D eigenvalue weighted by Gasteiger charge is -2.13. The Morgan fingerprint density at radius 3 is 2.42 bits per heavy atom. The number of anilines is 2. The van der Waals surface area contributed by atoms with Crippen LogP contribution in [0.25, 0.3) is 0 Å². The monoisotopic (exact) mass is 349 g/mol. The van der Waals surface area contributed by atoms with Crippen molar-refractivity contribution in [2.24, 2.45) is 0 Å². The highest BCUT2D eigenvalue weighted by Gasteiger charge is 2.14. The van der Waals surface area contributed by atoms with Crippen molar-refractivity contribution in [1.82, 2.24) is 4.98 Å². The molecule has 1 aromatic heterocycles. The van der Waals surface area contributed by atoms with Gasteiger partial charge in [0.1, 0.15) is 17.3 Å². The molecule has 1 aromatic carbocycles. The molecule has 0 unspecified atom stereocenters. The molecule has 7 nitrogen and oxygen atoms in total. The second-order valence-electron chi connectivity index (χ2n) is 4.75. The molecule has 126 valence electrons. The maximum atomic E-state index is 12.4. The highest BCUT2D eigenvalue weighted by Crippen LogP contribution is 2.36. The zero-order chi connectivity index (χ0) is 17.7. The minimum atomic E-state index is -0.397. The van der Waals surface area contributed by atoms with Crippen LogP contribution >= 0.6 is 11.6 Å². The summed E-state index contributed by atoms with van der Waals surface area (Å²) in [6.07, 6.45) is 1.43. The van der Waals surface area contributed by atoms with E-state index >= 15 is 0 Å². The third-order valence-corrected chi connectivity index (χ3v) is 3.34. The predicted molar refractivity (Wildman–Crippen MR) is 91.0 cm³/mol. The van der Waals surface area contributed by atoms with Gasteiger partial charge in [-0.2, -0.15) is 0 Å². The standard InChI is InChI=1S/C16H16ClN3O4/c1-9(21)19-15-6-10(4-5-18-15)16(22)20-12-8-13(23-2)11(17)7-14(12)24-3/h4-8H,1-3H3,(H,20,22)(H,18,19,21). The molecule has 0 atom stereocenters. The van der Waals surface area contributed by atoms with Gasteiger partial charge in [-0.25, -0.2) is 4.98 Å².